The number of methoxy groups -OCH3 is 1. The number of amides is 1. The zero-order chi connectivity index (χ0) is 12.8. The molecule has 0 fully saturated rings. The van der Waals surface area contributed by atoms with Crippen LogP contribution in [0.2, 0.25) is 0 Å². The molecule has 0 aliphatic carbocycles. The van der Waals surface area contributed by atoms with Crippen LogP contribution in [0.3, 0.4) is 0 Å². The second-order valence-electron chi connectivity index (χ2n) is 4.36. The van der Waals surface area contributed by atoms with Crippen molar-refractivity contribution >= 4 is 5.91 Å². The fourth-order valence-electron chi connectivity index (χ4n) is 1.66. The van der Waals surface area contributed by atoms with Crippen molar-refractivity contribution in [3.8, 4) is 5.75 Å². The molecule has 0 aliphatic rings. The topological polar surface area (TPSA) is 38.3 Å². The number of hydrogen-bond acceptors (Lipinski definition) is 2. The van der Waals surface area contributed by atoms with Gasteiger partial charge >= 0.3 is 0 Å². The summed E-state index contributed by atoms with van der Waals surface area (Å²) in [4.78, 5) is 11.7. The second-order valence-corrected chi connectivity index (χ2v) is 4.36. The van der Waals surface area contributed by atoms with Crippen LogP contribution in [0.15, 0.2) is 18.2 Å². The van der Waals surface area contributed by atoms with Crippen LogP contribution in [0.4, 0.5) is 0 Å². The number of aryl methyl sites for hydroxylation is 1. The van der Waals surface area contributed by atoms with Gasteiger partial charge < -0.3 is 10.1 Å². The first-order valence-electron chi connectivity index (χ1n) is 5.99. The van der Waals surface area contributed by atoms with Crippen LogP contribution < -0.4 is 10.1 Å². The highest BCUT2D eigenvalue weighted by Gasteiger charge is 2.07. The monoisotopic (exact) mass is 235 g/mol. The zero-order valence-electron chi connectivity index (χ0n) is 11.0. The van der Waals surface area contributed by atoms with Crippen molar-refractivity contribution in [3.63, 3.8) is 0 Å². The highest BCUT2D eigenvalue weighted by Crippen LogP contribution is 2.18. The molecular weight excluding hydrogens is 214 g/mol. The third kappa shape index (κ3) is 4.10. The number of carbonyl (C=O) groups is 1. The Hall–Kier alpha value is -1.51. The lowest BCUT2D eigenvalue weighted by Gasteiger charge is -2.12. The Morgan fingerprint density at radius 3 is 2.71 bits per heavy atom. The van der Waals surface area contributed by atoms with Crippen molar-refractivity contribution in [2.75, 3.05) is 7.11 Å². The van der Waals surface area contributed by atoms with Crippen molar-refractivity contribution in [2.45, 2.75) is 39.7 Å². The molecule has 0 saturated heterocycles. The summed E-state index contributed by atoms with van der Waals surface area (Å²) in [6, 6.07) is 6.07. The minimum Gasteiger partial charge on any atom is -0.496 e. The first kappa shape index (κ1) is 13.6. The van der Waals surface area contributed by atoms with Crippen LogP contribution in [-0.4, -0.2) is 19.1 Å². The third-order valence-corrected chi connectivity index (χ3v) is 2.84. The lowest BCUT2D eigenvalue weighted by Crippen LogP contribution is -2.33. The number of rotatable bonds is 5. The molecule has 17 heavy (non-hydrogen) atoms. The van der Waals surface area contributed by atoms with E-state index in [1.807, 2.05) is 32.0 Å². The highest BCUT2D eigenvalue weighted by molar-refractivity contribution is 5.78. The summed E-state index contributed by atoms with van der Waals surface area (Å²) >= 11 is 0. The molecule has 1 amide bonds. The molecule has 0 aliphatic heterocycles. The first-order chi connectivity index (χ1) is 8.06. The average molecular weight is 235 g/mol. The molecular formula is C14H21NO2. The van der Waals surface area contributed by atoms with E-state index < -0.39 is 0 Å². The molecule has 94 valence electrons. The summed E-state index contributed by atoms with van der Waals surface area (Å²) < 4.78 is 5.19. The molecule has 0 unspecified atom stereocenters. The molecule has 3 heteroatoms. The third-order valence-electron chi connectivity index (χ3n) is 2.84. The molecule has 0 heterocycles. The fraction of sp³-hybridized carbons (Fsp3) is 0.500. The Morgan fingerprint density at radius 1 is 1.47 bits per heavy atom. The van der Waals surface area contributed by atoms with Gasteiger partial charge in [-0.1, -0.05) is 19.1 Å². The smallest absolute Gasteiger partial charge is 0.224 e. The van der Waals surface area contributed by atoms with Gasteiger partial charge in [0.2, 0.25) is 5.91 Å². The Bertz CT molecular complexity index is 388. The predicted molar refractivity (Wildman–Crippen MR) is 69.3 cm³/mol. The van der Waals surface area contributed by atoms with Crippen LogP contribution >= 0.6 is 0 Å². The van der Waals surface area contributed by atoms with Crippen molar-refractivity contribution in [1.82, 2.24) is 5.32 Å². The van der Waals surface area contributed by atoms with Crippen molar-refractivity contribution in [2.24, 2.45) is 0 Å². The van der Waals surface area contributed by atoms with E-state index in [-0.39, 0.29) is 11.9 Å². The quantitative estimate of drug-likeness (QED) is 0.851. The maximum atomic E-state index is 11.7. The highest BCUT2D eigenvalue weighted by atomic mass is 16.5. The maximum Gasteiger partial charge on any atom is 0.224 e. The van der Waals surface area contributed by atoms with Gasteiger partial charge in [0.15, 0.2) is 0 Å². The molecule has 0 radical (unpaired) electrons. The maximum absolute atomic E-state index is 11.7. The van der Waals surface area contributed by atoms with Gasteiger partial charge in [-0.25, -0.2) is 0 Å². The van der Waals surface area contributed by atoms with Crippen molar-refractivity contribution < 1.29 is 9.53 Å². The number of hydrogen-bond donors (Lipinski definition) is 1. The minimum atomic E-state index is 0.0731. The molecule has 1 rings (SSSR count). The summed E-state index contributed by atoms with van der Waals surface area (Å²) in [5.74, 6) is 0.931. The lowest BCUT2D eigenvalue weighted by atomic mass is 10.1. The SMILES string of the molecule is CC[C@@H](C)NC(=O)Cc1ccc(OC)c(C)c1. The fourth-order valence-corrected chi connectivity index (χ4v) is 1.66. The molecule has 1 N–H and O–H groups in total. The van der Waals surface area contributed by atoms with E-state index in [2.05, 4.69) is 12.2 Å². The number of benzene rings is 1. The van der Waals surface area contributed by atoms with Gasteiger partial charge in [0, 0.05) is 6.04 Å². The standard InChI is InChI=1S/C14H21NO2/c1-5-11(3)15-14(16)9-12-6-7-13(17-4)10(2)8-12/h6-8,11H,5,9H2,1-4H3,(H,15,16)/t11-/m1/s1. The molecule has 0 spiro atoms. The van der Waals surface area contributed by atoms with Gasteiger partial charge in [-0.05, 0) is 37.5 Å². The Balaban J connectivity index is 2.63. The molecule has 1 atom stereocenters. The van der Waals surface area contributed by atoms with E-state index in [1.165, 1.54) is 0 Å². The summed E-state index contributed by atoms with van der Waals surface area (Å²) in [5.41, 5.74) is 2.07. The number of nitrogens with one attached hydrogen (secondary N) is 1. The zero-order valence-corrected chi connectivity index (χ0v) is 11.0. The molecule has 0 aromatic heterocycles. The Morgan fingerprint density at radius 2 is 2.18 bits per heavy atom. The van der Waals surface area contributed by atoms with E-state index in [1.54, 1.807) is 7.11 Å². The van der Waals surface area contributed by atoms with Crippen LogP contribution in [0.5, 0.6) is 5.75 Å². The van der Waals surface area contributed by atoms with E-state index >= 15 is 0 Å². The first-order valence-corrected chi connectivity index (χ1v) is 5.99. The summed E-state index contributed by atoms with van der Waals surface area (Å²) in [7, 11) is 1.65. The van der Waals surface area contributed by atoms with E-state index in [0.29, 0.717) is 6.42 Å². The Labute approximate surface area is 103 Å². The van der Waals surface area contributed by atoms with Gasteiger partial charge in [-0.2, -0.15) is 0 Å². The van der Waals surface area contributed by atoms with Gasteiger partial charge in [-0.15, -0.1) is 0 Å². The summed E-state index contributed by atoms with van der Waals surface area (Å²) in [6.45, 7) is 6.05. The molecule has 1 aromatic carbocycles. The molecule has 0 saturated carbocycles. The average Bonchev–Trinajstić information content (AvgIpc) is 2.29. The number of ether oxygens (including phenoxy) is 1. The van der Waals surface area contributed by atoms with Crippen LogP contribution in [0.25, 0.3) is 0 Å². The normalized spacial score (nSPS) is 12.0. The largest absolute Gasteiger partial charge is 0.496 e. The van der Waals surface area contributed by atoms with Gasteiger partial charge in [0.1, 0.15) is 5.75 Å². The summed E-state index contributed by atoms with van der Waals surface area (Å²) in [6.07, 6.45) is 1.38. The van der Waals surface area contributed by atoms with Crippen LogP contribution in [0.1, 0.15) is 31.4 Å². The van der Waals surface area contributed by atoms with Crippen LogP contribution in [-0.2, 0) is 11.2 Å². The predicted octanol–water partition coefficient (Wildman–Crippen LogP) is 2.46. The van der Waals surface area contributed by atoms with E-state index in [9.17, 15) is 4.79 Å². The van der Waals surface area contributed by atoms with Crippen molar-refractivity contribution in [1.29, 1.82) is 0 Å². The lowest BCUT2D eigenvalue weighted by molar-refractivity contribution is -0.121. The Kier molecular flexibility index (Phi) is 5.01. The van der Waals surface area contributed by atoms with Gasteiger partial charge in [0.25, 0.3) is 0 Å². The summed E-state index contributed by atoms with van der Waals surface area (Å²) in [5, 5.41) is 2.96. The molecule has 1 aromatic rings. The second kappa shape index (κ2) is 6.28. The molecule has 0 bridgehead atoms. The van der Waals surface area contributed by atoms with Gasteiger partial charge in [-0.3, -0.25) is 4.79 Å². The van der Waals surface area contributed by atoms with E-state index in [4.69, 9.17) is 4.74 Å². The van der Waals surface area contributed by atoms with Crippen LogP contribution in [0, 0.1) is 6.92 Å². The van der Waals surface area contributed by atoms with E-state index in [0.717, 1.165) is 23.3 Å². The van der Waals surface area contributed by atoms with Crippen molar-refractivity contribution in [3.05, 3.63) is 29.3 Å². The minimum absolute atomic E-state index is 0.0731. The number of carbonyl (C=O) groups excluding carboxylic acids is 1. The van der Waals surface area contributed by atoms with Gasteiger partial charge in [0.05, 0.1) is 13.5 Å². The molecule has 3 nitrogen and oxygen atoms in total.